The van der Waals surface area contributed by atoms with Crippen LogP contribution in [0.25, 0.3) is 21.8 Å². The van der Waals surface area contributed by atoms with Gasteiger partial charge in [-0.25, -0.2) is 4.98 Å². The third kappa shape index (κ3) is 3.90. The van der Waals surface area contributed by atoms with Gasteiger partial charge in [-0.05, 0) is 67.4 Å². The molecule has 168 valence electrons. The minimum absolute atomic E-state index is 0.0269. The van der Waals surface area contributed by atoms with Crippen LogP contribution in [-0.4, -0.2) is 15.5 Å². The molecule has 34 heavy (non-hydrogen) atoms. The van der Waals surface area contributed by atoms with E-state index < -0.39 is 0 Å². The Labute approximate surface area is 196 Å². The van der Waals surface area contributed by atoms with E-state index in [1.54, 1.807) is 30.5 Å². The molecule has 5 rings (SSSR count). The number of hydrogen-bond donors (Lipinski definition) is 1. The van der Waals surface area contributed by atoms with Crippen LogP contribution in [0.4, 0.5) is 5.69 Å². The quantitative estimate of drug-likeness (QED) is 0.355. The number of para-hydroxylation sites is 2. The first kappa shape index (κ1) is 21.4. The number of hydrogen-bond acceptors (Lipinski definition) is 4. The maximum atomic E-state index is 13.2. The van der Waals surface area contributed by atoms with E-state index in [1.807, 2.05) is 73.0 Å². The zero-order chi connectivity index (χ0) is 23.7. The summed E-state index contributed by atoms with van der Waals surface area (Å²) in [6, 6.07) is 24.0. The molecule has 2 aromatic heterocycles. The Kier molecular flexibility index (Phi) is 5.55. The van der Waals surface area contributed by atoms with Gasteiger partial charge in [-0.2, -0.15) is 0 Å². The first-order chi connectivity index (χ1) is 16.5. The van der Waals surface area contributed by atoms with Crippen molar-refractivity contribution in [1.82, 2.24) is 9.55 Å². The van der Waals surface area contributed by atoms with Crippen LogP contribution in [0.5, 0.6) is 11.6 Å². The van der Waals surface area contributed by atoms with Crippen molar-refractivity contribution < 1.29 is 9.53 Å². The van der Waals surface area contributed by atoms with Crippen LogP contribution in [0.3, 0.4) is 0 Å². The molecule has 0 radical (unpaired) electrons. The van der Waals surface area contributed by atoms with E-state index in [1.165, 1.54) is 0 Å². The molecule has 0 saturated heterocycles. The molecule has 0 aliphatic carbocycles. The van der Waals surface area contributed by atoms with Crippen molar-refractivity contribution in [2.75, 3.05) is 5.32 Å². The maximum absolute atomic E-state index is 13.2. The third-order valence-electron chi connectivity index (χ3n) is 5.99. The molecule has 0 aliphatic rings. The van der Waals surface area contributed by atoms with Crippen molar-refractivity contribution in [3.63, 3.8) is 0 Å². The van der Waals surface area contributed by atoms with Gasteiger partial charge in [-0.1, -0.05) is 36.4 Å². The molecule has 1 amide bonds. The lowest BCUT2D eigenvalue weighted by molar-refractivity contribution is -0.116. The molecule has 0 saturated carbocycles. The van der Waals surface area contributed by atoms with Crippen LogP contribution in [0.1, 0.15) is 11.1 Å². The molecule has 6 heteroatoms. The van der Waals surface area contributed by atoms with E-state index in [0.717, 1.165) is 11.1 Å². The van der Waals surface area contributed by atoms with Crippen molar-refractivity contribution in [3.05, 3.63) is 106 Å². The van der Waals surface area contributed by atoms with Gasteiger partial charge >= 0.3 is 0 Å². The lowest BCUT2D eigenvalue weighted by Crippen LogP contribution is -2.22. The third-order valence-corrected chi connectivity index (χ3v) is 5.99. The van der Waals surface area contributed by atoms with Crippen molar-refractivity contribution >= 4 is 33.4 Å². The number of amides is 1. The second kappa shape index (κ2) is 8.83. The lowest BCUT2D eigenvalue weighted by Gasteiger charge is -2.16. The molecule has 0 unspecified atom stereocenters. The van der Waals surface area contributed by atoms with Crippen LogP contribution >= 0.6 is 0 Å². The summed E-state index contributed by atoms with van der Waals surface area (Å²) in [5.74, 6) is 0.753. The molecule has 0 atom stereocenters. The smallest absolute Gasteiger partial charge is 0.244 e. The standard InChI is InChI=1S/C28H23N3O3/c1-18-9-7-15-25(19(18)2)34-28-22(12-8-16-29-28)30-26(32)17-31-23-13-5-3-10-20(23)27(33)21-11-4-6-14-24(21)31/h3-16H,17H2,1-2H3,(H,30,32). The number of carbonyl (C=O) groups excluding carboxylic acids is 1. The highest BCUT2D eigenvalue weighted by Crippen LogP contribution is 2.30. The first-order valence-corrected chi connectivity index (χ1v) is 11.0. The van der Waals surface area contributed by atoms with E-state index in [9.17, 15) is 9.59 Å². The number of fused-ring (bicyclic) bond motifs is 2. The monoisotopic (exact) mass is 449 g/mol. The maximum Gasteiger partial charge on any atom is 0.244 e. The Hall–Kier alpha value is -4.45. The second-order valence-corrected chi connectivity index (χ2v) is 8.15. The van der Waals surface area contributed by atoms with Gasteiger partial charge in [0.2, 0.25) is 11.8 Å². The van der Waals surface area contributed by atoms with Gasteiger partial charge in [0, 0.05) is 17.0 Å². The summed E-state index contributed by atoms with van der Waals surface area (Å²) < 4.78 is 7.92. The molecule has 0 bridgehead atoms. The number of rotatable bonds is 5. The molecule has 2 heterocycles. The molecule has 0 fully saturated rings. The molecular formula is C28H23N3O3. The highest BCUT2D eigenvalue weighted by molar-refractivity contribution is 5.97. The Morgan fingerprint density at radius 2 is 1.56 bits per heavy atom. The molecular weight excluding hydrogens is 426 g/mol. The number of carbonyl (C=O) groups is 1. The van der Waals surface area contributed by atoms with Gasteiger partial charge in [-0.3, -0.25) is 9.59 Å². The summed E-state index contributed by atoms with van der Waals surface area (Å²) in [7, 11) is 0. The average molecular weight is 450 g/mol. The summed E-state index contributed by atoms with van der Waals surface area (Å²) in [5, 5.41) is 4.09. The van der Waals surface area contributed by atoms with Crippen LogP contribution in [0.2, 0.25) is 0 Å². The fourth-order valence-electron chi connectivity index (χ4n) is 4.09. The molecule has 6 nitrogen and oxygen atoms in total. The van der Waals surface area contributed by atoms with Crippen LogP contribution in [0, 0.1) is 13.8 Å². The Balaban J connectivity index is 1.49. The molecule has 1 N–H and O–H groups in total. The number of aryl methyl sites for hydroxylation is 1. The Morgan fingerprint density at radius 3 is 2.26 bits per heavy atom. The van der Waals surface area contributed by atoms with E-state index >= 15 is 0 Å². The molecule has 0 spiro atoms. The van der Waals surface area contributed by atoms with Gasteiger partial charge in [0.1, 0.15) is 18.0 Å². The summed E-state index contributed by atoms with van der Waals surface area (Å²) in [6.45, 7) is 4.03. The summed E-state index contributed by atoms with van der Waals surface area (Å²) in [5.41, 5.74) is 3.97. The average Bonchev–Trinajstić information content (AvgIpc) is 2.86. The number of anilines is 1. The summed E-state index contributed by atoms with van der Waals surface area (Å²) in [4.78, 5) is 30.5. The Bertz CT molecular complexity index is 1540. The molecule has 3 aromatic carbocycles. The number of benzene rings is 3. The normalized spacial score (nSPS) is 11.0. The fraction of sp³-hybridized carbons (Fsp3) is 0.107. The number of nitrogens with zero attached hydrogens (tertiary/aromatic N) is 2. The van der Waals surface area contributed by atoms with Gasteiger partial charge in [0.15, 0.2) is 5.43 Å². The summed E-state index contributed by atoms with van der Waals surface area (Å²) >= 11 is 0. The SMILES string of the molecule is Cc1cccc(Oc2ncccc2NC(=O)Cn2c3ccccc3c(=O)c3ccccc32)c1C. The van der Waals surface area contributed by atoms with Crippen LogP contribution in [0.15, 0.2) is 89.9 Å². The van der Waals surface area contributed by atoms with Gasteiger partial charge in [0.25, 0.3) is 0 Å². The first-order valence-electron chi connectivity index (χ1n) is 11.0. The molecule has 0 aliphatic heterocycles. The summed E-state index contributed by atoms with van der Waals surface area (Å²) in [6.07, 6.45) is 1.62. The highest BCUT2D eigenvalue weighted by atomic mass is 16.5. The topological polar surface area (TPSA) is 73.2 Å². The van der Waals surface area contributed by atoms with Crippen molar-refractivity contribution in [2.45, 2.75) is 20.4 Å². The van der Waals surface area contributed by atoms with Gasteiger partial charge in [0.05, 0.1) is 11.0 Å². The zero-order valence-corrected chi connectivity index (χ0v) is 18.9. The highest BCUT2D eigenvalue weighted by Gasteiger charge is 2.15. The minimum atomic E-state index is -0.252. The van der Waals surface area contributed by atoms with E-state index in [4.69, 9.17) is 4.74 Å². The number of aromatic nitrogens is 2. The molecule has 5 aromatic rings. The largest absolute Gasteiger partial charge is 0.437 e. The van der Waals surface area contributed by atoms with Crippen LogP contribution in [-0.2, 0) is 11.3 Å². The van der Waals surface area contributed by atoms with Crippen molar-refractivity contribution in [2.24, 2.45) is 0 Å². The second-order valence-electron chi connectivity index (χ2n) is 8.15. The Morgan fingerprint density at radius 1 is 0.882 bits per heavy atom. The fourth-order valence-corrected chi connectivity index (χ4v) is 4.09. The van der Waals surface area contributed by atoms with E-state index in [2.05, 4.69) is 10.3 Å². The van der Waals surface area contributed by atoms with Crippen molar-refractivity contribution in [3.8, 4) is 11.6 Å². The van der Waals surface area contributed by atoms with Crippen molar-refractivity contribution in [1.29, 1.82) is 0 Å². The number of nitrogens with one attached hydrogen (secondary N) is 1. The van der Waals surface area contributed by atoms with Gasteiger partial charge < -0.3 is 14.6 Å². The van der Waals surface area contributed by atoms with E-state index in [0.29, 0.717) is 39.1 Å². The number of pyridine rings is 2. The van der Waals surface area contributed by atoms with Gasteiger partial charge in [-0.15, -0.1) is 0 Å². The van der Waals surface area contributed by atoms with E-state index in [-0.39, 0.29) is 17.9 Å². The van der Waals surface area contributed by atoms with Crippen LogP contribution < -0.4 is 15.5 Å². The zero-order valence-electron chi connectivity index (χ0n) is 18.9. The predicted octanol–water partition coefficient (Wildman–Crippen LogP) is 5.60. The minimum Gasteiger partial charge on any atom is -0.437 e. The lowest BCUT2D eigenvalue weighted by atomic mass is 10.1. The number of ether oxygens (including phenoxy) is 1. The predicted molar refractivity (Wildman–Crippen MR) is 135 cm³/mol.